The van der Waals surface area contributed by atoms with Crippen molar-refractivity contribution < 1.29 is 4.79 Å². The van der Waals surface area contributed by atoms with Crippen LogP contribution in [0.15, 0.2) is 67.0 Å². The fraction of sp³-hybridized carbons (Fsp3) is 0.300. The van der Waals surface area contributed by atoms with Gasteiger partial charge in [0.05, 0.1) is 17.2 Å². The third kappa shape index (κ3) is 3.44. The van der Waals surface area contributed by atoms with Crippen molar-refractivity contribution in [2.75, 3.05) is 12.3 Å². The van der Waals surface area contributed by atoms with Gasteiger partial charge in [-0.2, -0.15) is 0 Å². The van der Waals surface area contributed by atoms with Gasteiger partial charge in [0.25, 0.3) is 0 Å². The number of aromatic nitrogens is 4. The molecule has 37 heavy (non-hydrogen) atoms. The van der Waals surface area contributed by atoms with E-state index in [9.17, 15) is 4.79 Å². The molecule has 2 aromatic carbocycles. The molecule has 7 nitrogen and oxygen atoms in total. The molecule has 186 valence electrons. The monoisotopic (exact) mass is 490 g/mol. The minimum atomic E-state index is -0.406. The van der Waals surface area contributed by atoms with E-state index in [1.54, 1.807) is 6.20 Å². The molecule has 0 bridgehead atoms. The Bertz CT molecular complexity index is 1610. The number of nitrogens with two attached hydrogens (primary N) is 1. The number of carbonyl (C=O) groups is 1. The lowest BCUT2D eigenvalue weighted by atomic mass is 9.91. The van der Waals surface area contributed by atoms with Crippen LogP contribution < -0.4 is 5.73 Å². The van der Waals surface area contributed by atoms with E-state index in [1.807, 2.05) is 22.7 Å². The van der Waals surface area contributed by atoms with Crippen LogP contribution in [0.3, 0.4) is 0 Å². The molecule has 4 heterocycles. The quantitative estimate of drug-likeness (QED) is 0.345. The van der Waals surface area contributed by atoms with E-state index in [4.69, 9.17) is 10.7 Å². The van der Waals surface area contributed by atoms with Gasteiger partial charge in [-0.05, 0) is 56.7 Å². The fourth-order valence-electron chi connectivity index (χ4n) is 6.05. The second-order valence-electron chi connectivity index (χ2n) is 10.6. The molecular formula is C30H30N6O. The van der Waals surface area contributed by atoms with Crippen LogP contribution >= 0.6 is 0 Å². The van der Waals surface area contributed by atoms with Crippen LogP contribution in [0.4, 0.5) is 5.82 Å². The number of H-pyrrole nitrogens is 1. The third-order valence-electron chi connectivity index (χ3n) is 8.22. The average Bonchev–Trinajstić information content (AvgIpc) is 3.46. The number of carbonyl (C=O) groups excluding carboxylic acids is 1. The Hall–Kier alpha value is -4.13. The van der Waals surface area contributed by atoms with Crippen LogP contribution in [0.1, 0.15) is 55.1 Å². The summed E-state index contributed by atoms with van der Waals surface area (Å²) in [5.41, 5.74) is 11.9. The summed E-state index contributed by atoms with van der Waals surface area (Å²) < 4.78 is 2.05. The predicted octanol–water partition coefficient (Wildman–Crippen LogP) is 5.55. The lowest BCUT2D eigenvalue weighted by Gasteiger charge is -2.37. The van der Waals surface area contributed by atoms with Gasteiger partial charge in [-0.15, -0.1) is 0 Å². The molecule has 0 spiro atoms. The summed E-state index contributed by atoms with van der Waals surface area (Å²) in [7, 11) is 0. The van der Waals surface area contributed by atoms with Crippen LogP contribution in [-0.2, 0) is 10.2 Å². The van der Waals surface area contributed by atoms with Crippen molar-refractivity contribution in [3.63, 3.8) is 0 Å². The molecule has 2 fully saturated rings. The molecule has 1 atom stereocenters. The first kappa shape index (κ1) is 22.1. The number of rotatable bonds is 4. The molecule has 7 heteroatoms. The highest BCUT2D eigenvalue weighted by molar-refractivity contribution is 5.93. The Morgan fingerprint density at radius 2 is 1.92 bits per heavy atom. The maximum Gasteiger partial charge on any atom is 0.233 e. The molecule has 1 saturated heterocycles. The number of fused-ring (bicyclic) bond motifs is 2. The van der Waals surface area contributed by atoms with Gasteiger partial charge in [0.2, 0.25) is 5.91 Å². The van der Waals surface area contributed by atoms with E-state index < -0.39 is 5.41 Å². The number of para-hydroxylation sites is 1. The molecule has 1 saturated carbocycles. The van der Waals surface area contributed by atoms with Crippen LogP contribution in [-0.4, -0.2) is 36.7 Å². The number of anilines is 1. The standard InChI is InChI=1S/C30H30N6O/c1-19-9-11-21(12-10-19)30(13-14-30)29(37)35-16-5-4-8-24(35)28-34-25(26-27(31)32-15-17-36(26)28)23-18-20-6-2-3-7-22(20)33-23/h2-3,6-7,9-12,15,17-18,24,33H,4-5,8,13-14,16H2,1H3,(H2,31,32). The number of nitrogens with one attached hydrogen (secondary N) is 1. The molecule has 5 aromatic rings. The first-order chi connectivity index (χ1) is 18.0. The molecule has 3 N–H and O–H groups in total. The molecule has 7 rings (SSSR count). The van der Waals surface area contributed by atoms with Crippen molar-refractivity contribution in [3.05, 3.63) is 83.9 Å². The van der Waals surface area contributed by atoms with E-state index >= 15 is 0 Å². The summed E-state index contributed by atoms with van der Waals surface area (Å²) in [6.45, 7) is 2.83. The van der Waals surface area contributed by atoms with Gasteiger partial charge >= 0.3 is 0 Å². The lowest BCUT2D eigenvalue weighted by Crippen LogP contribution is -2.44. The minimum absolute atomic E-state index is 0.114. The Morgan fingerprint density at radius 1 is 1.11 bits per heavy atom. The summed E-state index contributed by atoms with van der Waals surface area (Å²) in [4.78, 5) is 29.3. The summed E-state index contributed by atoms with van der Waals surface area (Å²) in [6, 6.07) is 18.7. The number of nitrogens with zero attached hydrogens (tertiary/aromatic N) is 4. The van der Waals surface area contributed by atoms with Crippen molar-refractivity contribution >= 4 is 28.1 Å². The number of likely N-dealkylation sites (tertiary alicyclic amines) is 1. The van der Waals surface area contributed by atoms with Gasteiger partial charge in [0, 0.05) is 29.8 Å². The topological polar surface area (TPSA) is 92.3 Å². The number of hydrogen-bond acceptors (Lipinski definition) is 4. The lowest BCUT2D eigenvalue weighted by molar-refractivity contribution is -0.138. The highest BCUT2D eigenvalue weighted by Crippen LogP contribution is 2.51. The number of benzene rings is 2. The van der Waals surface area contributed by atoms with E-state index in [0.29, 0.717) is 5.82 Å². The minimum Gasteiger partial charge on any atom is -0.382 e. The van der Waals surface area contributed by atoms with Gasteiger partial charge in [-0.3, -0.25) is 9.20 Å². The SMILES string of the molecule is Cc1ccc(C2(C(=O)N3CCCCC3c3nc(-c4cc5ccccc5[nH]4)c4c(N)nccn34)CC2)cc1. The Balaban J connectivity index is 1.33. The maximum absolute atomic E-state index is 14.2. The van der Waals surface area contributed by atoms with Gasteiger partial charge in [-0.25, -0.2) is 9.97 Å². The Kier molecular flexibility index (Phi) is 4.90. The number of imidazole rings is 1. The molecule has 1 unspecified atom stereocenters. The number of amides is 1. The van der Waals surface area contributed by atoms with E-state index in [2.05, 4.69) is 64.3 Å². The number of piperidine rings is 1. The first-order valence-corrected chi connectivity index (χ1v) is 13.1. The van der Waals surface area contributed by atoms with Crippen molar-refractivity contribution in [1.29, 1.82) is 0 Å². The molecule has 0 radical (unpaired) electrons. The fourth-order valence-corrected chi connectivity index (χ4v) is 6.05. The second kappa shape index (κ2) is 8.20. The molecule has 2 aliphatic rings. The van der Waals surface area contributed by atoms with Crippen molar-refractivity contribution in [3.8, 4) is 11.4 Å². The predicted molar refractivity (Wildman–Crippen MR) is 145 cm³/mol. The number of aryl methyl sites for hydroxylation is 1. The van der Waals surface area contributed by atoms with Gasteiger partial charge in [-0.1, -0.05) is 48.0 Å². The number of nitrogen functional groups attached to an aromatic ring is 1. The largest absolute Gasteiger partial charge is 0.382 e. The highest BCUT2D eigenvalue weighted by atomic mass is 16.2. The van der Waals surface area contributed by atoms with Crippen molar-refractivity contribution in [2.24, 2.45) is 0 Å². The second-order valence-corrected chi connectivity index (χ2v) is 10.6. The average molecular weight is 491 g/mol. The van der Waals surface area contributed by atoms with E-state index in [1.165, 1.54) is 5.56 Å². The highest BCUT2D eigenvalue weighted by Gasteiger charge is 2.54. The van der Waals surface area contributed by atoms with Crippen LogP contribution in [0, 0.1) is 6.92 Å². The van der Waals surface area contributed by atoms with Crippen LogP contribution in [0.25, 0.3) is 27.8 Å². The third-order valence-corrected chi connectivity index (χ3v) is 8.22. The maximum atomic E-state index is 14.2. The number of hydrogen-bond donors (Lipinski definition) is 2. The molecule has 1 aliphatic heterocycles. The van der Waals surface area contributed by atoms with Crippen molar-refractivity contribution in [2.45, 2.75) is 50.5 Å². The zero-order chi connectivity index (χ0) is 25.1. The van der Waals surface area contributed by atoms with E-state index in [0.717, 1.165) is 77.8 Å². The Labute approximate surface area is 215 Å². The van der Waals surface area contributed by atoms with Crippen LogP contribution in [0.2, 0.25) is 0 Å². The van der Waals surface area contributed by atoms with E-state index in [-0.39, 0.29) is 11.9 Å². The van der Waals surface area contributed by atoms with Gasteiger partial charge in [0.1, 0.15) is 22.9 Å². The van der Waals surface area contributed by atoms with Crippen molar-refractivity contribution in [1.82, 2.24) is 24.3 Å². The molecular weight excluding hydrogens is 460 g/mol. The molecule has 1 amide bonds. The molecule has 1 aliphatic carbocycles. The Morgan fingerprint density at radius 3 is 2.70 bits per heavy atom. The van der Waals surface area contributed by atoms with Crippen LogP contribution in [0.5, 0.6) is 0 Å². The number of aromatic amines is 1. The summed E-state index contributed by atoms with van der Waals surface area (Å²) in [5, 5.41) is 1.12. The zero-order valence-corrected chi connectivity index (χ0v) is 20.9. The normalized spacial score (nSPS) is 18.9. The first-order valence-electron chi connectivity index (χ1n) is 13.1. The smallest absolute Gasteiger partial charge is 0.233 e. The molecule has 3 aromatic heterocycles. The zero-order valence-electron chi connectivity index (χ0n) is 20.9. The summed E-state index contributed by atoms with van der Waals surface area (Å²) >= 11 is 0. The summed E-state index contributed by atoms with van der Waals surface area (Å²) in [5.74, 6) is 1.51. The van der Waals surface area contributed by atoms with Gasteiger partial charge < -0.3 is 15.6 Å². The van der Waals surface area contributed by atoms with Gasteiger partial charge in [0.15, 0.2) is 0 Å². The summed E-state index contributed by atoms with van der Waals surface area (Å²) in [6.07, 6.45) is 8.38.